The van der Waals surface area contributed by atoms with Gasteiger partial charge < -0.3 is 11.1 Å². The third-order valence-corrected chi connectivity index (χ3v) is 4.75. The lowest BCUT2D eigenvalue weighted by atomic mass is 9.95. The zero-order valence-corrected chi connectivity index (χ0v) is 11.7. The minimum absolute atomic E-state index is 0.286. The smallest absolute Gasteiger partial charge is 0.161 e. The van der Waals surface area contributed by atoms with Gasteiger partial charge in [-0.2, -0.15) is 0 Å². The molecule has 3 nitrogen and oxygen atoms in total. The predicted molar refractivity (Wildman–Crippen MR) is 77.6 cm³/mol. The summed E-state index contributed by atoms with van der Waals surface area (Å²) in [6, 6.07) is 7.65. The van der Waals surface area contributed by atoms with E-state index in [1.807, 2.05) is 31.2 Å². The lowest BCUT2D eigenvalue weighted by molar-refractivity contribution is -0.115. The molecule has 0 amide bonds. The van der Waals surface area contributed by atoms with E-state index < -0.39 is 0 Å². The van der Waals surface area contributed by atoms with E-state index in [-0.39, 0.29) is 5.41 Å². The molecule has 0 unspecified atom stereocenters. The average molecular weight is 256 g/mol. The van der Waals surface area contributed by atoms with Crippen LogP contribution in [0.2, 0.25) is 0 Å². The maximum Gasteiger partial charge on any atom is 0.161 e. The number of ketones is 1. The molecule has 2 fully saturated rings. The first-order valence-electron chi connectivity index (χ1n) is 6.78. The largest absolute Gasteiger partial charge is 0.397 e. The zero-order chi connectivity index (χ0) is 13.8. The molecule has 19 heavy (non-hydrogen) atoms. The summed E-state index contributed by atoms with van der Waals surface area (Å²) in [5.41, 5.74) is 9.75. The first-order chi connectivity index (χ1) is 8.93. The van der Waals surface area contributed by atoms with Gasteiger partial charge in [-0.3, -0.25) is 4.79 Å². The maximum absolute atomic E-state index is 12.1. The van der Waals surface area contributed by atoms with Crippen LogP contribution in [0.1, 0.15) is 27.2 Å². The molecule has 0 saturated heterocycles. The molecule has 3 N–H and O–H groups in total. The summed E-state index contributed by atoms with van der Waals surface area (Å²) >= 11 is 0. The molecule has 0 aliphatic heterocycles. The van der Waals surface area contributed by atoms with E-state index in [0.29, 0.717) is 29.7 Å². The number of carbonyl (C=O) groups is 1. The Morgan fingerprint density at radius 2 is 2.05 bits per heavy atom. The molecule has 1 aromatic carbocycles. The van der Waals surface area contributed by atoms with Crippen molar-refractivity contribution >= 4 is 17.2 Å². The Morgan fingerprint density at radius 3 is 2.68 bits per heavy atom. The maximum atomic E-state index is 12.1. The Bertz CT molecular complexity index is 586. The fourth-order valence-electron chi connectivity index (χ4n) is 3.50. The standard InChI is InChI=1S/C16H20N2O/c1-9(18-12-7-5-4-6-11(12)17)14-13(19)8-10-15(14)16(10,2)3/h4-7,10,15,18H,8,17H2,1-3H3/t10-,15-/m1/s1. The van der Waals surface area contributed by atoms with Crippen LogP contribution in [-0.2, 0) is 4.79 Å². The predicted octanol–water partition coefficient (Wildman–Crippen LogP) is 3.20. The van der Waals surface area contributed by atoms with Crippen molar-refractivity contribution in [2.75, 3.05) is 11.1 Å². The molecule has 100 valence electrons. The average Bonchev–Trinajstić information content (AvgIpc) is 2.72. The van der Waals surface area contributed by atoms with Crippen LogP contribution in [0.4, 0.5) is 11.4 Å². The number of allylic oxidation sites excluding steroid dienone is 2. The second kappa shape index (κ2) is 3.86. The first-order valence-corrected chi connectivity index (χ1v) is 6.78. The second-order valence-corrected chi connectivity index (χ2v) is 6.28. The molecule has 2 aliphatic rings. The van der Waals surface area contributed by atoms with Crippen LogP contribution in [0.5, 0.6) is 0 Å². The Labute approximate surface area is 113 Å². The number of carbonyl (C=O) groups excluding carboxylic acids is 1. The van der Waals surface area contributed by atoms with Crippen molar-refractivity contribution in [1.82, 2.24) is 0 Å². The Morgan fingerprint density at radius 1 is 1.37 bits per heavy atom. The van der Waals surface area contributed by atoms with E-state index in [4.69, 9.17) is 5.73 Å². The van der Waals surface area contributed by atoms with Crippen LogP contribution < -0.4 is 11.1 Å². The van der Waals surface area contributed by atoms with Gasteiger partial charge in [0, 0.05) is 17.7 Å². The van der Waals surface area contributed by atoms with Gasteiger partial charge in [0.25, 0.3) is 0 Å². The van der Waals surface area contributed by atoms with Gasteiger partial charge in [0.1, 0.15) is 0 Å². The molecule has 0 spiro atoms. The number of anilines is 2. The van der Waals surface area contributed by atoms with Gasteiger partial charge in [0.15, 0.2) is 5.78 Å². The summed E-state index contributed by atoms with van der Waals surface area (Å²) in [5.74, 6) is 1.27. The van der Waals surface area contributed by atoms with Crippen LogP contribution in [0.3, 0.4) is 0 Å². The van der Waals surface area contributed by atoms with Gasteiger partial charge in [0.05, 0.1) is 11.4 Å². The molecule has 1 aromatic rings. The number of fused-ring (bicyclic) bond motifs is 1. The number of hydrogen-bond donors (Lipinski definition) is 2. The minimum Gasteiger partial charge on any atom is -0.397 e. The van der Waals surface area contributed by atoms with Gasteiger partial charge in [0.2, 0.25) is 0 Å². The number of para-hydroxylation sites is 2. The van der Waals surface area contributed by atoms with E-state index in [1.165, 1.54) is 0 Å². The molecule has 3 heteroatoms. The second-order valence-electron chi connectivity index (χ2n) is 6.28. The number of nitrogens with two attached hydrogens (primary N) is 1. The number of benzene rings is 1. The number of Topliss-reactive ketones (excluding diaryl/α,β-unsaturated/α-hetero) is 1. The highest BCUT2D eigenvalue weighted by atomic mass is 16.1. The molecular formula is C16H20N2O. The SMILES string of the molecule is CC(Nc1ccccc1N)=C1C(=O)C[C@@H]2[C@H]1C2(C)C. The molecule has 0 heterocycles. The summed E-state index contributed by atoms with van der Waals surface area (Å²) in [7, 11) is 0. The molecule has 0 radical (unpaired) electrons. The highest BCUT2D eigenvalue weighted by Gasteiger charge is 2.65. The summed E-state index contributed by atoms with van der Waals surface area (Å²) in [5, 5.41) is 3.31. The highest BCUT2D eigenvalue weighted by Crippen LogP contribution is 2.68. The summed E-state index contributed by atoms with van der Waals surface area (Å²) in [6.07, 6.45) is 0.705. The topological polar surface area (TPSA) is 55.1 Å². The quantitative estimate of drug-likeness (QED) is 0.631. The molecule has 0 bridgehead atoms. The van der Waals surface area contributed by atoms with Gasteiger partial charge in [-0.1, -0.05) is 26.0 Å². The van der Waals surface area contributed by atoms with E-state index >= 15 is 0 Å². The van der Waals surface area contributed by atoms with Crippen molar-refractivity contribution in [2.24, 2.45) is 17.3 Å². The summed E-state index contributed by atoms with van der Waals surface area (Å²) in [4.78, 5) is 12.1. The first kappa shape index (κ1) is 12.3. The summed E-state index contributed by atoms with van der Waals surface area (Å²) < 4.78 is 0. The van der Waals surface area contributed by atoms with Gasteiger partial charge in [-0.05, 0) is 36.3 Å². The fraction of sp³-hybridized carbons (Fsp3) is 0.438. The molecule has 2 aliphatic carbocycles. The number of rotatable bonds is 2. The Kier molecular flexibility index (Phi) is 2.49. The van der Waals surface area contributed by atoms with Crippen molar-refractivity contribution in [1.29, 1.82) is 0 Å². The van der Waals surface area contributed by atoms with Gasteiger partial charge >= 0.3 is 0 Å². The molecule has 2 saturated carbocycles. The number of nitrogen functional groups attached to an aromatic ring is 1. The minimum atomic E-state index is 0.286. The van der Waals surface area contributed by atoms with Crippen molar-refractivity contribution in [3.63, 3.8) is 0 Å². The molecule has 3 rings (SSSR count). The van der Waals surface area contributed by atoms with E-state index in [0.717, 1.165) is 17.0 Å². The Hall–Kier alpha value is -1.77. The van der Waals surface area contributed by atoms with Crippen LogP contribution in [0, 0.1) is 17.3 Å². The third-order valence-electron chi connectivity index (χ3n) is 4.75. The van der Waals surface area contributed by atoms with E-state index in [9.17, 15) is 4.79 Å². The molecular weight excluding hydrogens is 236 g/mol. The van der Waals surface area contributed by atoms with Gasteiger partial charge in [-0.15, -0.1) is 0 Å². The molecule has 2 atom stereocenters. The fourth-order valence-corrected chi connectivity index (χ4v) is 3.50. The van der Waals surface area contributed by atoms with Crippen molar-refractivity contribution in [2.45, 2.75) is 27.2 Å². The lowest BCUT2D eigenvalue weighted by Crippen LogP contribution is -2.12. The van der Waals surface area contributed by atoms with Crippen LogP contribution in [0.15, 0.2) is 35.5 Å². The van der Waals surface area contributed by atoms with Crippen molar-refractivity contribution in [3.05, 3.63) is 35.5 Å². The normalized spacial score (nSPS) is 29.9. The van der Waals surface area contributed by atoms with Crippen molar-refractivity contribution < 1.29 is 4.79 Å². The van der Waals surface area contributed by atoms with Crippen LogP contribution in [-0.4, -0.2) is 5.78 Å². The monoisotopic (exact) mass is 256 g/mol. The number of hydrogen-bond acceptors (Lipinski definition) is 3. The highest BCUT2D eigenvalue weighted by molar-refractivity contribution is 6.01. The van der Waals surface area contributed by atoms with Crippen LogP contribution in [0.25, 0.3) is 0 Å². The third kappa shape index (κ3) is 1.76. The molecule has 0 aromatic heterocycles. The lowest BCUT2D eigenvalue weighted by Gasteiger charge is -2.15. The summed E-state index contributed by atoms with van der Waals surface area (Å²) in [6.45, 7) is 6.48. The Balaban J connectivity index is 1.91. The van der Waals surface area contributed by atoms with Crippen LogP contribution >= 0.6 is 0 Å². The van der Waals surface area contributed by atoms with E-state index in [2.05, 4.69) is 19.2 Å². The van der Waals surface area contributed by atoms with E-state index in [1.54, 1.807) is 0 Å². The number of nitrogens with one attached hydrogen (secondary N) is 1. The van der Waals surface area contributed by atoms with Gasteiger partial charge in [-0.25, -0.2) is 0 Å². The van der Waals surface area contributed by atoms with Crippen molar-refractivity contribution in [3.8, 4) is 0 Å². The zero-order valence-electron chi connectivity index (χ0n) is 11.7.